The summed E-state index contributed by atoms with van der Waals surface area (Å²) in [7, 11) is 0. The number of benzene rings is 1. The minimum Gasteiger partial charge on any atom is -0.327 e. The molecule has 0 bridgehead atoms. The lowest BCUT2D eigenvalue weighted by atomic mass is 9.98. The molecule has 0 aliphatic rings. The third-order valence-corrected chi connectivity index (χ3v) is 2.48. The maximum absolute atomic E-state index is 12.1. The molecular weight excluding hydrogens is 215 g/mol. The van der Waals surface area contributed by atoms with Crippen LogP contribution in [0, 0.1) is 13.8 Å². The molecule has 0 aliphatic heterocycles. The van der Waals surface area contributed by atoms with E-state index in [-0.39, 0.29) is 6.42 Å². The van der Waals surface area contributed by atoms with Gasteiger partial charge in [0.2, 0.25) is 0 Å². The Bertz CT molecular complexity index is 358. The number of hydrogen-bond donors (Lipinski definition) is 1. The van der Waals surface area contributed by atoms with Crippen molar-refractivity contribution in [1.29, 1.82) is 0 Å². The maximum Gasteiger partial charge on any atom is 0.390 e. The van der Waals surface area contributed by atoms with Crippen molar-refractivity contribution < 1.29 is 13.2 Å². The fourth-order valence-electron chi connectivity index (χ4n) is 1.67. The number of hydrogen-bond acceptors (Lipinski definition) is 1. The quantitative estimate of drug-likeness (QED) is 0.849. The van der Waals surface area contributed by atoms with Crippen LogP contribution >= 0.6 is 0 Å². The van der Waals surface area contributed by atoms with E-state index in [0.29, 0.717) is 0 Å². The second-order valence-corrected chi connectivity index (χ2v) is 4.21. The molecule has 1 rings (SSSR count). The van der Waals surface area contributed by atoms with Crippen molar-refractivity contribution in [1.82, 2.24) is 0 Å². The third-order valence-electron chi connectivity index (χ3n) is 2.48. The van der Waals surface area contributed by atoms with E-state index in [1.165, 1.54) is 0 Å². The average molecular weight is 231 g/mol. The SMILES string of the molecule is Cc1ccc(C)c(CC(N)CC(F)(F)F)c1. The van der Waals surface area contributed by atoms with Crippen LogP contribution in [0.5, 0.6) is 0 Å². The van der Waals surface area contributed by atoms with Gasteiger partial charge in [-0.15, -0.1) is 0 Å². The fourth-order valence-corrected chi connectivity index (χ4v) is 1.67. The molecule has 0 aliphatic carbocycles. The molecule has 16 heavy (non-hydrogen) atoms. The van der Waals surface area contributed by atoms with Gasteiger partial charge in [0, 0.05) is 6.04 Å². The summed E-state index contributed by atoms with van der Waals surface area (Å²) in [4.78, 5) is 0. The predicted molar refractivity (Wildman–Crippen MR) is 58.3 cm³/mol. The van der Waals surface area contributed by atoms with E-state index in [1.54, 1.807) is 0 Å². The first-order chi connectivity index (χ1) is 7.28. The molecule has 1 aromatic carbocycles. The van der Waals surface area contributed by atoms with Crippen LogP contribution in [-0.4, -0.2) is 12.2 Å². The molecule has 0 radical (unpaired) electrons. The Kier molecular flexibility index (Phi) is 3.97. The van der Waals surface area contributed by atoms with Gasteiger partial charge in [0.1, 0.15) is 0 Å². The average Bonchev–Trinajstić information content (AvgIpc) is 2.08. The summed E-state index contributed by atoms with van der Waals surface area (Å²) in [6.45, 7) is 3.80. The van der Waals surface area contributed by atoms with E-state index in [1.807, 2.05) is 32.0 Å². The van der Waals surface area contributed by atoms with Gasteiger partial charge >= 0.3 is 6.18 Å². The van der Waals surface area contributed by atoms with Crippen LogP contribution in [0.3, 0.4) is 0 Å². The normalized spacial score (nSPS) is 13.9. The number of nitrogens with two attached hydrogens (primary N) is 1. The highest BCUT2D eigenvalue weighted by atomic mass is 19.4. The zero-order chi connectivity index (χ0) is 12.3. The molecule has 0 aromatic heterocycles. The molecule has 2 N–H and O–H groups in total. The van der Waals surface area contributed by atoms with Gasteiger partial charge in [-0.2, -0.15) is 13.2 Å². The summed E-state index contributed by atoms with van der Waals surface area (Å²) in [6.07, 6.45) is -4.84. The molecule has 1 nitrogen and oxygen atoms in total. The Morgan fingerprint density at radius 3 is 2.44 bits per heavy atom. The highest BCUT2D eigenvalue weighted by Crippen LogP contribution is 2.23. The van der Waals surface area contributed by atoms with Gasteiger partial charge in [-0.05, 0) is 31.4 Å². The van der Waals surface area contributed by atoms with Crippen molar-refractivity contribution in [2.75, 3.05) is 0 Å². The van der Waals surface area contributed by atoms with E-state index < -0.39 is 18.6 Å². The predicted octanol–water partition coefficient (Wildman–Crippen LogP) is 3.13. The molecule has 90 valence electrons. The van der Waals surface area contributed by atoms with Gasteiger partial charge in [-0.1, -0.05) is 23.8 Å². The van der Waals surface area contributed by atoms with E-state index in [2.05, 4.69) is 0 Å². The van der Waals surface area contributed by atoms with Crippen molar-refractivity contribution >= 4 is 0 Å². The Hall–Kier alpha value is -1.03. The van der Waals surface area contributed by atoms with Crippen LogP contribution in [0.4, 0.5) is 13.2 Å². The van der Waals surface area contributed by atoms with Crippen molar-refractivity contribution in [2.24, 2.45) is 5.73 Å². The van der Waals surface area contributed by atoms with Crippen LogP contribution < -0.4 is 5.73 Å². The molecule has 0 saturated carbocycles. The summed E-state index contributed by atoms with van der Waals surface area (Å²) >= 11 is 0. The highest BCUT2D eigenvalue weighted by Gasteiger charge is 2.30. The molecule has 0 amide bonds. The van der Waals surface area contributed by atoms with Gasteiger partial charge < -0.3 is 5.73 Å². The second kappa shape index (κ2) is 4.87. The molecule has 0 saturated heterocycles. The minimum atomic E-state index is -4.18. The summed E-state index contributed by atoms with van der Waals surface area (Å²) in [5.74, 6) is 0. The molecule has 0 heterocycles. The van der Waals surface area contributed by atoms with Gasteiger partial charge in [0.15, 0.2) is 0 Å². The highest BCUT2D eigenvalue weighted by molar-refractivity contribution is 5.31. The second-order valence-electron chi connectivity index (χ2n) is 4.21. The van der Waals surface area contributed by atoms with Crippen LogP contribution in [0.25, 0.3) is 0 Å². The van der Waals surface area contributed by atoms with Gasteiger partial charge in [-0.3, -0.25) is 0 Å². The lowest BCUT2D eigenvalue weighted by Crippen LogP contribution is -2.29. The van der Waals surface area contributed by atoms with Crippen molar-refractivity contribution in [3.63, 3.8) is 0 Å². The monoisotopic (exact) mass is 231 g/mol. The lowest BCUT2D eigenvalue weighted by Gasteiger charge is -2.15. The summed E-state index contributed by atoms with van der Waals surface area (Å²) in [5.41, 5.74) is 8.42. The summed E-state index contributed by atoms with van der Waals surface area (Å²) in [6, 6.07) is 4.88. The van der Waals surface area contributed by atoms with Gasteiger partial charge in [0.05, 0.1) is 6.42 Å². The van der Waals surface area contributed by atoms with Gasteiger partial charge in [-0.25, -0.2) is 0 Å². The van der Waals surface area contributed by atoms with Crippen molar-refractivity contribution in [3.8, 4) is 0 Å². The number of aryl methyl sites for hydroxylation is 2. The molecule has 0 fully saturated rings. The minimum absolute atomic E-state index is 0.271. The van der Waals surface area contributed by atoms with Crippen LogP contribution in [0.1, 0.15) is 23.1 Å². The molecule has 1 aromatic rings. The molecule has 0 spiro atoms. The van der Waals surface area contributed by atoms with E-state index >= 15 is 0 Å². The van der Waals surface area contributed by atoms with Crippen LogP contribution in [-0.2, 0) is 6.42 Å². The van der Waals surface area contributed by atoms with Crippen LogP contribution in [0.2, 0.25) is 0 Å². The maximum atomic E-state index is 12.1. The van der Waals surface area contributed by atoms with Crippen molar-refractivity contribution in [3.05, 3.63) is 34.9 Å². The zero-order valence-corrected chi connectivity index (χ0v) is 9.43. The number of rotatable bonds is 3. The van der Waals surface area contributed by atoms with Crippen LogP contribution in [0.15, 0.2) is 18.2 Å². The third kappa shape index (κ3) is 4.23. The fraction of sp³-hybridized carbons (Fsp3) is 0.500. The number of alkyl halides is 3. The first-order valence-electron chi connectivity index (χ1n) is 5.16. The first kappa shape index (κ1) is 13.0. The first-order valence-corrected chi connectivity index (χ1v) is 5.16. The van der Waals surface area contributed by atoms with Crippen molar-refractivity contribution in [2.45, 2.75) is 38.9 Å². The molecule has 1 unspecified atom stereocenters. The summed E-state index contributed by atoms with van der Waals surface area (Å²) < 4.78 is 36.3. The smallest absolute Gasteiger partial charge is 0.327 e. The van der Waals surface area contributed by atoms with E-state index in [0.717, 1.165) is 16.7 Å². The topological polar surface area (TPSA) is 26.0 Å². The molecule has 4 heteroatoms. The molecular formula is C12H16F3N. The Balaban J connectivity index is 2.69. The summed E-state index contributed by atoms with van der Waals surface area (Å²) in [5, 5.41) is 0. The standard InChI is InChI=1S/C12H16F3N/c1-8-3-4-9(2)10(5-8)6-11(16)7-12(13,14)15/h3-5,11H,6-7,16H2,1-2H3. The zero-order valence-electron chi connectivity index (χ0n) is 9.43. The largest absolute Gasteiger partial charge is 0.390 e. The van der Waals surface area contributed by atoms with Gasteiger partial charge in [0.25, 0.3) is 0 Å². The molecule has 1 atom stereocenters. The van der Waals surface area contributed by atoms with E-state index in [9.17, 15) is 13.2 Å². The van der Waals surface area contributed by atoms with E-state index in [4.69, 9.17) is 5.73 Å². The Morgan fingerprint density at radius 1 is 1.25 bits per heavy atom. The Morgan fingerprint density at radius 2 is 1.88 bits per heavy atom. The number of halogens is 3. The Labute approximate surface area is 93.5 Å². The lowest BCUT2D eigenvalue weighted by molar-refractivity contribution is -0.138.